The van der Waals surface area contributed by atoms with Crippen LogP contribution in [0.1, 0.15) is 31.9 Å². The summed E-state index contributed by atoms with van der Waals surface area (Å²) in [6.07, 6.45) is -3.62. The van der Waals surface area contributed by atoms with Crippen molar-refractivity contribution in [1.29, 1.82) is 0 Å². The lowest BCUT2D eigenvalue weighted by molar-refractivity contribution is -0.137. The van der Waals surface area contributed by atoms with Crippen molar-refractivity contribution in [2.45, 2.75) is 39.1 Å². The number of amides is 3. The number of ether oxygens (including phenoxy) is 1. The Labute approximate surface area is 234 Å². The van der Waals surface area contributed by atoms with Crippen LogP contribution in [0.25, 0.3) is 11.0 Å². The van der Waals surface area contributed by atoms with Gasteiger partial charge < -0.3 is 19.4 Å². The third-order valence-corrected chi connectivity index (χ3v) is 6.90. The van der Waals surface area contributed by atoms with Gasteiger partial charge in [-0.3, -0.25) is 9.88 Å². The zero-order valence-corrected chi connectivity index (χ0v) is 23.2. The van der Waals surface area contributed by atoms with Gasteiger partial charge in [0.25, 0.3) is 0 Å². The summed E-state index contributed by atoms with van der Waals surface area (Å²) >= 11 is 6.13. The number of alkyl halides is 3. The maximum atomic E-state index is 14.5. The van der Waals surface area contributed by atoms with Crippen LogP contribution >= 0.6 is 11.6 Å². The number of carbonyl (C=O) groups excluding carboxylic acids is 2. The number of piperazine rings is 1. The Morgan fingerprint density at radius 1 is 1.05 bits per heavy atom. The van der Waals surface area contributed by atoms with E-state index in [1.54, 1.807) is 51.0 Å². The standard InChI is InChI=1S/C27H28ClF3N6O3/c1-26(2,3)40-25(39)36-11-9-35(10-12-36)20-7-5-17(13-18(20)27(29,30)31)37-23-16(15-34(4)24(37)38)14-32-19-6-8-21(28)33-22(19)23/h5-8,13-14H,9-12,15H2,1-4H3. The van der Waals surface area contributed by atoms with Crippen molar-refractivity contribution in [2.24, 2.45) is 0 Å². The van der Waals surface area contributed by atoms with Gasteiger partial charge in [0.2, 0.25) is 0 Å². The van der Waals surface area contributed by atoms with Crippen LogP contribution in [0.2, 0.25) is 5.15 Å². The second-order valence-electron chi connectivity index (χ2n) is 10.8. The fourth-order valence-corrected chi connectivity index (χ4v) is 5.03. The molecule has 3 aromatic rings. The number of fused-ring (bicyclic) bond motifs is 3. The second-order valence-corrected chi connectivity index (χ2v) is 11.1. The average Bonchev–Trinajstić information content (AvgIpc) is 2.88. The van der Waals surface area contributed by atoms with Crippen LogP contribution in [0, 0.1) is 0 Å². The van der Waals surface area contributed by atoms with Crippen LogP contribution in [0.4, 0.5) is 39.8 Å². The summed E-state index contributed by atoms with van der Waals surface area (Å²) in [5, 5.41) is 0.172. The highest BCUT2D eigenvalue weighted by Gasteiger charge is 2.39. The third kappa shape index (κ3) is 5.32. The van der Waals surface area contributed by atoms with Gasteiger partial charge in [0.05, 0.1) is 29.0 Å². The van der Waals surface area contributed by atoms with Crippen molar-refractivity contribution in [3.8, 4) is 0 Å². The monoisotopic (exact) mass is 576 g/mol. The van der Waals surface area contributed by atoms with Crippen molar-refractivity contribution >= 4 is 51.8 Å². The first-order chi connectivity index (χ1) is 18.7. The van der Waals surface area contributed by atoms with Crippen LogP contribution in [0.3, 0.4) is 0 Å². The van der Waals surface area contributed by atoms with E-state index in [1.165, 1.54) is 26.8 Å². The predicted octanol–water partition coefficient (Wildman–Crippen LogP) is 6.06. The highest BCUT2D eigenvalue weighted by atomic mass is 35.5. The number of pyridine rings is 2. The molecule has 0 spiro atoms. The van der Waals surface area contributed by atoms with Crippen LogP contribution in [0.15, 0.2) is 36.5 Å². The van der Waals surface area contributed by atoms with Crippen LogP contribution in [-0.2, 0) is 17.5 Å². The summed E-state index contributed by atoms with van der Waals surface area (Å²) in [6, 6.07) is 6.53. The van der Waals surface area contributed by atoms with Crippen molar-refractivity contribution in [3.05, 3.63) is 52.8 Å². The molecule has 5 rings (SSSR count). The Balaban J connectivity index is 1.52. The molecule has 4 heterocycles. The van der Waals surface area contributed by atoms with Gasteiger partial charge in [-0.2, -0.15) is 13.2 Å². The Bertz CT molecular complexity index is 1480. The van der Waals surface area contributed by atoms with Crippen molar-refractivity contribution in [1.82, 2.24) is 19.8 Å². The molecule has 0 aliphatic carbocycles. The van der Waals surface area contributed by atoms with E-state index in [1.807, 2.05) is 0 Å². The molecule has 1 fully saturated rings. The molecule has 0 atom stereocenters. The number of halogens is 4. The first-order valence-electron chi connectivity index (χ1n) is 12.7. The smallest absolute Gasteiger partial charge is 0.418 e. The molecule has 0 unspecified atom stereocenters. The van der Waals surface area contributed by atoms with Crippen LogP contribution in [-0.4, -0.2) is 70.7 Å². The Morgan fingerprint density at radius 3 is 2.40 bits per heavy atom. The largest absolute Gasteiger partial charge is 0.444 e. The molecule has 3 amide bonds. The minimum Gasteiger partial charge on any atom is -0.444 e. The van der Waals surface area contributed by atoms with E-state index in [0.717, 1.165) is 6.07 Å². The first kappa shape index (κ1) is 27.8. The number of hydrogen-bond donors (Lipinski definition) is 0. The zero-order valence-electron chi connectivity index (χ0n) is 22.4. The maximum Gasteiger partial charge on any atom is 0.418 e. The van der Waals surface area contributed by atoms with Crippen molar-refractivity contribution in [3.63, 3.8) is 0 Å². The molecule has 9 nitrogen and oxygen atoms in total. The maximum absolute atomic E-state index is 14.5. The molecule has 2 aromatic heterocycles. The van der Waals surface area contributed by atoms with E-state index in [9.17, 15) is 22.8 Å². The van der Waals surface area contributed by atoms with Gasteiger partial charge in [0.15, 0.2) is 0 Å². The molecule has 13 heteroatoms. The normalized spacial score (nSPS) is 16.4. The van der Waals surface area contributed by atoms with E-state index in [2.05, 4.69) is 9.97 Å². The molecule has 212 valence electrons. The number of anilines is 3. The van der Waals surface area contributed by atoms with Gasteiger partial charge in [-0.25, -0.2) is 14.6 Å². The first-order valence-corrected chi connectivity index (χ1v) is 13.0. The molecule has 1 aromatic carbocycles. The average molecular weight is 577 g/mol. The van der Waals surface area contributed by atoms with Gasteiger partial charge in [-0.15, -0.1) is 0 Å². The van der Waals surface area contributed by atoms with Gasteiger partial charge >= 0.3 is 18.3 Å². The summed E-state index contributed by atoms with van der Waals surface area (Å²) in [5.41, 5.74) is 0.206. The molecular weight excluding hydrogens is 549 g/mol. The van der Waals surface area contributed by atoms with Gasteiger partial charge in [-0.05, 0) is 51.1 Å². The van der Waals surface area contributed by atoms with Crippen molar-refractivity contribution < 1.29 is 27.5 Å². The second kappa shape index (κ2) is 9.99. The number of benzene rings is 1. The number of hydrogen-bond acceptors (Lipinski definition) is 6. The van der Waals surface area contributed by atoms with Gasteiger partial charge in [0, 0.05) is 50.7 Å². The van der Waals surface area contributed by atoms with E-state index in [-0.39, 0.29) is 49.3 Å². The molecule has 0 radical (unpaired) electrons. The number of rotatable bonds is 2. The summed E-state index contributed by atoms with van der Waals surface area (Å²) < 4.78 is 48.7. The summed E-state index contributed by atoms with van der Waals surface area (Å²) in [4.78, 5) is 40.2. The lowest BCUT2D eigenvalue weighted by atomic mass is 10.1. The van der Waals surface area contributed by atoms with Crippen LogP contribution in [0.5, 0.6) is 0 Å². The minimum absolute atomic E-state index is 0.0288. The summed E-state index contributed by atoms with van der Waals surface area (Å²) in [6.45, 7) is 6.28. The highest BCUT2D eigenvalue weighted by Crippen LogP contribution is 2.43. The van der Waals surface area contributed by atoms with E-state index in [0.29, 0.717) is 22.3 Å². The Kier molecular flexibility index (Phi) is 6.93. The fourth-order valence-electron chi connectivity index (χ4n) is 4.88. The molecule has 0 N–H and O–H groups in total. The molecule has 0 saturated carbocycles. The summed E-state index contributed by atoms with van der Waals surface area (Å²) in [5.74, 6) is 0. The number of urea groups is 1. The Hall–Kier alpha value is -3.80. The molecule has 40 heavy (non-hydrogen) atoms. The minimum atomic E-state index is -4.71. The topological polar surface area (TPSA) is 82.1 Å². The highest BCUT2D eigenvalue weighted by molar-refractivity contribution is 6.30. The quantitative estimate of drug-likeness (QED) is 0.345. The molecule has 0 bridgehead atoms. The zero-order chi connectivity index (χ0) is 29.0. The summed E-state index contributed by atoms with van der Waals surface area (Å²) in [7, 11) is 1.57. The van der Waals surface area contributed by atoms with E-state index >= 15 is 0 Å². The lowest BCUT2D eigenvalue weighted by Crippen LogP contribution is -2.50. The predicted molar refractivity (Wildman–Crippen MR) is 145 cm³/mol. The van der Waals surface area contributed by atoms with Crippen molar-refractivity contribution in [2.75, 3.05) is 43.0 Å². The Morgan fingerprint density at radius 2 is 1.75 bits per heavy atom. The SMILES string of the molecule is CN1Cc2cnc3ccc(Cl)nc3c2N(c2ccc(N3CCN(C(=O)OC(C)(C)C)CC3)c(C(F)(F)F)c2)C1=O. The fraction of sp³-hybridized carbons (Fsp3) is 0.407. The molecule has 1 saturated heterocycles. The molecule has 2 aliphatic rings. The third-order valence-electron chi connectivity index (χ3n) is 6.69. The number of carbonyl (C=O) groups is 2. The van der Waals surface area contributed by atoms with E-state index in [4.69, 9.17) is 16.3 Å². The molecular formula is C27H28ClF3N6O3. The molecule has 2 aliphatic heterocycles. The van der Waals surface area contributed by atoms with Gasteiger partial charge in [-0.1, -0.05) is 11.6 Å². The lowest BCUT2D eigenvalue weighted by Gasteiger charge is -2.38. The van der Waals surface area contributed by atoms with Gasteiger partial charge in [0.1, 0.15) is 16.3 Å². The number of nitrogens with zero attached hydrogens (tertiary/aromatic N) is 6. The van der Waals surface area contributed by atoms with Crippen LogP contribution < -0.4 is 9.80 Å². The number of aromatic nitrogens is 2. The van der Waals surface area contributed by atoms with E-state index < -0.39 is 29.5 Å².